The van der Waals surface area contributed by atoms with Crippen LogP contribution in [0.4, 0.5) is 15.8 Å². The van der Waals surface area contributed by atoms with Crippen LogP contribution in [0.15, 0.2) is 72.8 Å². The summed E-state index contributed by atoms with van der Waals surface area (Å²) in [5, 5.41) is 0. The molecule has 2 heteroatoms. The normalized spacial score (nSPS) is 12.7. The van der Waals surface area contributed by atoms with Gasteiger partial charge in [-0.1, -0.05) is 42.5 Å². The highest BCUT2D eigenvalue weighted by Crippen LogP contribution is 2.42. The van der Waals surface area contributed by atoms with Crippen LogP contribution in [0.25, 0.3) is 11.1 Å². The van der Waals surface area contributed by atoms with Crippen molar-refractivity contribution in [3.05, 3.63) is 84.2 Å². The van der Waals surface area contributed by atoms with Gasteiger partial charge in [-0.3, -0.25) is 0 Å². The minimum Gasteiger partial charge on any atom is -0.336 e. The van der Waals surface area contributed by atoms with Gasteiger partial charge < -0.3 is 4.90 Å². The Morgan fingerprint density at radius 1 is 0.714 bits per heavy atom. The average Bonchev–Trinajstić information content (AvgIpc) is 2.55. The van der Waals surface area contributed by atoms with E-state index in [1.165, 1.54) is 34.5 Å². The summed E-state index contributed by atoms with van der Waals surface area (Å²) in [4.78, 5) is 2.23. The van der Waals surface area contributed by atoms with Crippen molar-refractivity contribution in [1.82, 2.24) is 0 Å². The van der Waals surface area contributed by atoms with Crippen LogP contribution >= 0.6 is 0 Å². The smallest absolute Gasteiger partial charge is 0.123 e. The summed E-state index contributed by atoms with van der Waals surface area (Å²) in [6.45, 7) is 0.804. The first-order valence-electron chi connectivity index (χ1n) is 7.03. The minimum atomic E-state index is -0.204. The molecule has 0 aliphatic carbocycles. The van der Waals surface area contributed by atoms with Gasteiger partial charge in [0.05, 0.1) is 0 Å². The second-order valence-corrected chi connectivity index (χ2v) is 5.24. The summed E-state index contributed by atoms with van der Waals surface area (Å²) < 4.78 is 13.2. The molecule has 0 radical (unpaired) electrons. The van der Waals surface area contributed by atoms with Crippen molar-refractivity contribution in [3.63, 3.8) is 0 Å². The third-order valence-corrected chi connectivity index (χ3v) is 3.97. The lowest BCUT2D eigenvalue weighted by molar-refractivity contribution is 0.627. The zero-order valence-corrected chi connectivity index (χ0v) is 11.5. The number of halogens is 1. The highest BCUT2D eigenvalue weighted by atomic mass is 19.1. The van der Waals surface area contributed by atoms with E-state index in [1.807, 2.05) is 18.2 Å². The maximum Gasteiger partial charge on any atom is 0.123 e. The number of para-hydroxylation sites is 1. The van der Waals surface area contributed by atoms with Crippen LogP contribution < -0.4 is 4.90 Å². The predicted molar refractivity (Wildman–Crippen MR) is 84.1 cm³/mol. The molecule has 102 valence electrons. The highest BCUT2D eigenvalue weighted by molar-refractivity contribution is 5.87. The predicted octanol–water partition coefficient (Wildman–Crippen LogP) is 5.14. The largest absolute Gasteiger partial charge is 0.336 e. The lowest BCUT2D eigenvalue weighted by atomic mass is 9.93. The number of fused-ring (bicyclic) bond motifs is 3. The number of anilines is 2. The molecular weight excluding hydrogens is 261 g/mol. The number of hydrogen-bond acceptors (Lipinski definition) is 1. The van der Waals surface area contributed by atoms with Crippen LogP contribution in [0, 0.1) is 5.82 Å². The molecule has 1 aliphatic rings. The second kappa shape index (κ2) is 4.74. The van der Waals surface area contributed by atoms with Crippen molar-refractivity contribution in [3.8, 4) is 11.1 Å². The summed E-state index contributed by atoms with van der Waals surface area (Å²) >= 11 is 0. The van der Waals surface area contributed by atoms with Gasteiger partial charge in [-0.25, -0.2) is 4.39 Å². The Kier molecular flexibility index (Phi) is 2.74. The van der Waals surface area contributed by atoms with Gasteiger partial charge in [-0.15, -0.1) is 0 Å². The van der Waals surface area contributed by atoms with Crippen LogP contribution in [0.2, 0.25) is 0 Å². The Morgan fingerprint density at radius 3 is 2.19 bits per heavy atom. The molecule has 0 unspecified atom stereocenters. The van der Waals surface area contributed by atoms with Crippen molar-refractivity contribution < 1.29 is 4.39 Å². The van der Waals surface area contributed by atoms with E-state index in [4.69, 9.17) is 0 Å². The van der Waals surface area contributed by atoms with E-state index in [-0.39, 0.29) is 5.82 Å². The van der Waals surface area contributed by atoms with Crippen molar-refractivity contribution >= 4 is 11.4 Å². The molecule has 1 nitrogen and oxygen atoms in total. The van der Waals surface area contributed by atoms with Gasteiger partial charge in [0, 0.05) is 23.5 Å². The number of nitrogens with zero attached hydrogens (tertiary/aromatic N) is 1. The quantitative estimate of drug-likeness (QED) is 0.594. The molecule has 0 amide bonds. The van der Waals surface area contributed by atoms with E-state index in [2.05, 4.69) is 47.4 Å². The first-order valence-corrected chi connectivity index (χ1v) is 7.03. The first kappa shape index (κ1) is 12.2. The maximum atomic E-state index is 13.2. The molecule has 0 saturated carbocycles. The Hall–Kier alpha value is -2.61. The third-order valence-electron chi connectivity index (χ3n) is 3.97. The van der Waals surface area contributed by atoms with Gasteiger partial charge in [0.2, 0.25) is 0 Å². The van der Waals surface area contributed by atoms with Gasteiger partial charge in [-0.05, 0) is 41.5 Å². The van der Waals surface area contributed by atoms with Crippen LogP contribution in [0.1, 0.15) is 5.56 Å². The van der Waals surface area contributed by atoms with E-state index in [1.54, 1.807) is 0 Å². The Morgan fingerprint density at radius 2 is 1.38 bits per heavy atom. The number of benzene rings is 3. The third kappa shape index (κ3) is 2.00. The molecule has 0 spiro atoms. The fourth-order valence-corrected chi connectivity index (χ4v) is 2.96. The van der Waals surface area contributed by atoms with Crippen LogP contribution in [0.3, 0.4) is 0 Å². The molecule has 1 heterocycles. The van der Waals surface area contributed by atoms with Crippen LogP contribution in [-0.4, -0.2) is 0 Å². The van der Waals surface area contributed by atoms with E-state index >= 15 is 0 Å². The zero-order chi connectivity index (χ0) is 14.2. The van der Waals surface area contributed by atoms with Gasteiger partial charge in [0.15, 0.2) is 0 Å². The monoisotopic (exact) mass is 275 g/mol. The SMILES string of the molecule is Fc1ccc(N2Cc3ccccc3-c3ccccc32)cc1. The van der Waals surface area contributed by atoms with Gasteiger partial charge >= 0.3 is 0 Å². The zero-order valence-electron chi connectivity index (χ0n) is 11.5. The Bertz CT molecular complexity index is 793. The standard InChI is InChI=1S/C19H14FN/c20-15-9-11-16(12-10-15)21-13-14-5-1-2-6-17(14)18-7-3-4-8-19(18)21/h1-12H,13H2. The van der Waals surface area contributed by atoms with Crippen molar-refractivity contribution in [2.24, 2.45) is 0 Å². The number of rotatable bonds is 1. The molecule has 21 heavy (non-hydrogen) atoms. The maximum absolute atomic E-state index is 13.2. The van der Waals surface area contributed by atoms with Crippen LogP contribution in [0.5, 0.6) is 0 Å². The van der Waals surface area contributed by atoms with E-state index in [9.17, 15) is 4.39 Å². The van der Waals surface area contributed by atoms with Crippen molar-refractivity contribution in [1.29, 1.82) is 0 Å². The summed E-state index contributed by atoms with van der Waals surface area (Å²) in [5.41, 5.74) is 5.98. The average molecular weight is 275 g/mol. The van der Waals surface area contributed by atoms with Gasteiger partial charge in [0.1, 0.15) is 5.82 Å². The first-order chi connectivity index (χ1) is 10.3. The molecular formula is C19H14FN. The molecule has 1 aliphatic heterocycles. The second-order valence-electron chi connectivity index (χ2n) is 5.24. The van der Waals surface area contributed by atoms with E-state index in [0.29, 0.717) is 0 Å². The van der Waals surface area contributed by atoms with E-state index < -0.39 is 0 Å². The van der Waals surface area contributed by atoms with Crippen molar-refractivity contribution in [2.75, 3.05) is 4.90 Å². The van der Waals surface area contributed by atoms with Crippen molar-refractivity contribution in [2.45, 2.75) is 6.54 Å². The fourth-order valence-electron chi connectivity index (χ4n) is 2.96. The fraction of sp³-hybridized carbons (Fsp3) is 0.0526. The molecule has 3 aromatic rings. The Labute approximate surface area is 123 Å². The summed E-state index contributed by atoms with van der Waals surface area (Å²) in [6.07, 6.45) is 0. The molecule has 0 N–H and O–H groups in total. The van der Waals surface area contributed by atoms with Gasteiger partial charge in [0.25, 0.3) is 0 Å². The number of hydrogen-bond donors (Lipinski definition) is 0. The topological polar surface area (TPSA) is 3.24 Å². The lowest BCUT2D eigenvalue weighted by Gasteiger charge is -2.33. The summed E-state index contributed by atoms with van der Waals surface area (Å²) in [5.74, 6) is -0.204. The molecule has 0 aromatic heterocycles. The molecule has 0 bridgehead atoms. The lowest BCUT2D eigenvalue weighted by Crippen LogP contribution is -2.21. The van der Waals surface area contributed by atoms with Crippen LogP contribution in [-0.2, 0) is 6.54 Å². The van der Waals surface area contributed by atoms with E-state index in [0.717, 1.165) is 12.2 Å². The summed E-state index contributed by atoms with van der Waals surface area (Å²) in [6, 6.07) is 23.5. The minimum absolute atomic E-state index is 0.204. The molecule has 0 fully saturated rings. The molecule has 3 aromatic carbocycles. The molecule has 4 rings (SSSR count). The van der Waals surface area contributed by atoms with Gasteiger partial charge in [-0.2, -0.15) is 0 Å². The summed E-state index contributed by atoms with van der Waals surface area (Å²) in [7, 11) is 0. The highest BCUT2D eigenvalue weighted by Gasteiger charge is 2.22. The molecule has 0 saturated heterocycles. The molecule has 0 atom stereocenters. The Balaban J connectivity index is 1.90.